The molecule has 4 heteroatoms. The number of carbonyl (C=O) groups excluding carboxylic acids is 1. The topological polar surface area (TPSA) is 69.6 Å². The van der Waals surface area contributed by atoms with Crippen LogP contribution in [0.4, 0.5) is 0 Å². The first-order valence-electron chi connectivity index (χ1n) is 4.39. The molecule has 15 heavy (non-hydrogen) atoms. The van der Waals surface area contributed by atoms with Gasteiger partial charge in [-0.25, -0.2) is 0 Å². The Balaban J connectivity index is 2.67. The highest BCUT2D eigenvalue weighted by molar-refractivity contribution is 5.94. The van der Waals surface area contributed by atoms with Crippen LogP contribution in [-0.4, -0.2) is 22.7 Å². The van der Waals surface area contributed by atoms with Gasteiger partial charge < -0.3 is 15.5 Å². The molecule has 3 N–H and O–H groups in total. The van der Waals surface area contributed by atoms with Crippen LogP contribution in [0.3, 0.4) is 0 Å². The molecule has 0 fully saturated rings. The summed E-state index contributed by atoms with van der Waals surface area (Å²) >= 11 is 0. The number of terminal acetylenes is 1. The average Bonchev–Trinajstić information content (AvgIpc) is 2.22. The van der Waals surface area contributed by atoms with Crippen LogP contribution in [-0.2, 0) is 0 Å². The van der Waals surface area contributed by atoms with Crippen molar-refractivity contribution in [3.63, 3.8) is 0 Å². The highest BCUT2D eigenvalue weighted by atomic mass is 16.3. The summed E-state index contributed by atoms with van der Waals surface area (Å²) in [6, 6.07) is 3.87. The molecule has 78 valence electrons. The summed E-state index contributed by atoms with van der Waals surface area (Å²) in [5, 5.41) is 20.8. The lowest BCUT2D eigenvalue weighted by atomic mass is 10.2. The maximum Gasteiger partial charge on any atom is 0.251 e. The SMILES string of the molecule is C#CCCNC(=O)c1ccc(O)c(O)c1. The van der Waals surface area contributed by atoms with E-state index in [0.29, 0.717) is 13.0 Å². The summed E-state index contributed by atoms with van der Waals surface area (Å²) in [5.74, 6) is 1.48. The molecule has 0 atom stereocenters. The van der Waals surface area contributed by atoms with Gasteiger partial charge in [0.15, 0.2) is 11.5 Å². The van der Waals surface area contributed by atoms with Gasteiger partial charge in [-0.2, -0.15) is 0 Å². The van der Waals surface area contributed by atoms with Gasteiger partial charge in [-0.1, -0.05) is 0 Å². The average molecular weight is 205 g/mol. The second-order valence-electron chi connectivity index (χ2n) is 2.91. The van der Waals surface area contributed by atoms with Gasteiger partial charge in [-0.3, -0.25) is 4.79 Å². The van der Waals surface area contributed by atoms with Gasteiger partial charge in [0, 0.05) is 18.5 Å². The molecule has 1 amide bonds. The van der Waals surface area contributed by atoms with Gasteiger partial charge in [0.05, 0.1) is 0 Å². The molecule has 0 heterocycles. The van der Waals surface area contributed by atoms with Gasteiger partial charge in [-0.05, 0) is 18.2 Å². The van der Waals surface area contributed by atoms with Gasteiger partial charge in [0.2, 0.25) is 0 Å². The summed E-state index contributed by atoms with van der Waals surface area (Å²) in [6.07, 6.45) is 5.48. The molecule has 1 aromatic rings. The molecule has 4 nitrogen and oxygen atoms in total. The molecule has 0 saturated carbocycles. The van der Waals surface area contributed by atoms with Crippen molar-refractivity contribution in [3.8, 4) is 23.8 Å². The first-order valence-corrected chi connectivity index (χ1v) is 4.39. The minimum Gasteiger partial charge on any atom is -0.504 e. The van der Waals surface area contributed by atoms with Crippen LogP contribution < -0.4 is 5.32 Å². The minimum absolute atomic E-state index is 0.254. The standard InChI is InChI=1S/C11H11NO3/c1-2-3-6-12-11(15)8-4-5-9(13)10(14)7-8/h1,4-5,7,13-14H,3,6H2,(H,12,15). The van der Waals surface area contributed by atoms with Crippen LogP contribution in [0.15, 0.2) is 18.2 Å². The number of nitrogens with one attached hydrogen (secondary N) is 1. The molecule has 0 aliphatic rings. The van der Waals surface area contributed by atoms with Crippen LogP contribution >= 0.6 is 0 Å². The van der Waals surface area contributed by atoms with Gasteiger partial charge >= 0.3 is 0 Å². The molecular weight excluding hydrogens is 194 g/mol. The summed E-state index contributed by atoms with van der Waals surface area (Å²) in [7, 11) is 0. The highest BCUT2D eigenvalue weighted by Gasteiger charge is 2.07. The first kappa shape index (κ1) is 10.9. The van der Waals surface area contributed by atoms with Gasteiger partial charge in [0.1, 0.15) is 0 Å². The molecule has 0 saturated heterocycles. The van der Waals surface area contributed by atoms with E-state index in [4.69, 9.17) is 16.6 Å². The third-order valence-corrected chi connectivity index (χ3v) is 1.79. The van der Waals surface area contributed by atoms with E-state index in [1.54, 1.807) is 0 Å². The van der Waals surface area contributed by atoms with E-state index in [1.165, 1.54) is 18.2 Å². The number of amides is 1. The highest BCUT2D eigenvalue weighted by Crippen LogP contribution is 2.24. The van der Waals surface area contributed by atoms with Gasteiger partial charge in [0.25, 0.3) is 5.91 Å². The van der Waals surface area contributed by atoms with Crippen LogP contribution in [0.5, 0.6) is 11.5 Å². The zero-order valence-electron chi connectivity index (χ0n) is 8.03. The number of phenolic OH excluding ortho intramolecular Hbond substituents is 2. The second kappa shape index (κ2) is 4.91. The molecular formula is C11H11NO3. The fourth-order valence-electron chi connectivity index (χ4n) is 1.01. The summed E-state index contributed by atoms with van der Waals surface area (Å²) < 4.78 is 0. The maximum atomic E-state index is 11.4. The minimum atomic E-state index is -0.333. The van der Waals surface area contributed by atoms with E-state index in [9.17, 15) is 4.79 Å². The van der Waals surface area contributed by atoms with E-state index in [1.807, 2.05) is 0 Å². The molecule has 0 aliphatic heterocycles. The largest absolute Gasteiger partial charge is 0.504 e. The molecule has 0 unspecified atom stereocenters. The summed E-state index contributed by atoms with van der Waals surface area (Å²) in [4.78, 5) is 11.4. The Labute approximate surface area is 87.6 Å². The third kappa shape index (κ3) is 2.92. The van der Waals surface area contributed by atoms with Crippen molar-refractivity contribution in [3.05, 3.63) is 23.8 Å². The van der Waals surface area contributed by atoms with Crippen LogP contribution in [0.1, 0.15) is 16.8 Å². The van der Waals surface area contributed by atoms with E-state index < -0.39 is 0 Å². The van der Waals surface area contributed by atoms with E-state index in [0.717, 1.165) is 0 Å². The Hall–Kier alpha value is -2.15. The van der Waals surface area contributed by atoms with Crippen molar-refractivity contribution in [2.24, 2.45) is 0 Å². The Bertz CT molecular complexity index is 407. The molecule has 0 aromatic heterocycles. The van der Waals surface area contributed by atoms with Gasteiger partial charge in [-0.15, -0.1) is 12.3 Å². The molecule has 0 aliphatic carbocycles. The number of hydrogen-bond donors (Lipinski definition) is 3. The lowest BCUT2D eigenvalue weighted by Crippen LogP contribution is -2.23. The number of phenols is 2. The fourth-order valence-corrected chi connectivity index (χ4v) is 1.01. The number of benzene rings is 1. The number of rotatable bonds is 3. The molecule has 0 radical (unpaired) electrons. The molecule has 0 bridgehead atoms. The van der Waals surface area contributed by atoms with Crippen molar-refractivity contribution in [2.45, 2.75) is 6.42 Å². The smallest absolute Gasteiger partial charge is 0.251 e. The number of aromatic hydroxyl groups is 2. The predicted molar refractivity (Wildman–Crippen MR) is 55.6 cm³/mol. The van der Waals surface area contributed by atoms with Crippen molar-refractivity contribution < 1.29 is 15.0 Å². The quantitative estimate of drug-likeness (QED) is 0.389. The maximum absolute atomic E-state index is 11.4. The second-order valence-corrected chi connectivity index (χ2v) is 2.91. The van der Waals surface area contributed by atoms with Crippen LogP contribution in [0.2, 0.25) is 0 Å². The Morgan fingerprint density at radius 1 is 1.40 bits per heavy atom. The zero-order valence-corrected chi connectivity index (χ0v) is 8.03. The summed E-state index contributed by atoms with van der Waals surface area (Å²) in [6.45, 7) is 0.386. The first-order chi connectivity index (χ1) is 7.15. The number of carbonyl (C=O) groups is 1. The van der Waals surface area contributed by atoms with Crippen molar-refractivity contribution in [1.29, 1.82) is 0 Å². The van der Waals surface area contributed by atoms with Crippen molar-refractivity contribution in [2.75, 3.05) is 6.54 Å². The Morgan fingerprint density at radius 2 is 2.13 bits per heavy atom. The van der Waals surface area contributed by atoms with E-state index in [2.05, 4.69) is 11.2 Å². The molecule has 0 spiro atoms. The predicted octanol–water partition coefficient (Wildman–Crippen LogP) is 0.851. The Kier molecular flexibility index (Phi) is 3.58. The fraction of sp³-hybridized carbons (Fsp3) is 0.182. The molecule has 1 aromatic carbocycles. The zero-order chi connectivity index (χ0) is 11.3. The Morgan fingerprint density at radius 3 is 2.73 bits per heavy atom. The third-order valence-electron chi connectivity index (χ3n) is 1.79. The monoisotopic (exact) mass is 205 g/mol. The van der Waals surface area contributed by atoms with Crippen molar-refractivity contribution in [1.82, 2.24) is 5.32 Å². The van der Waals surface area contributed by atoms with Crippen LogP contribution in [0.25, 0.3) is 0 Å². The lowest BCUT2D eigenvalue weighted by molar-refractivity contribution is 0.0954. The molecule has 1 rings (SSSR count). The van der Waals surface area contributed by atoms with Crippen molar-refractivity contribution >= 4 is 5.91 Å². The summed E-state index contributed by atoms with van der Waals surface area (Å²) in [5.41, 5.74) is 0.280. The van der Waals surface area contributed by atoms with E-state index >= 15 is 0 Å². The van der Waals surface area contributed by atoms with E-state index in [-0.39, 0.29) is 23.0 Å². The normalized spacial score (nSPS) is 9.27. The number of hydrogen-bond acceptors (Lipinski definition) is 3. The van der Waals surface area contributed by atoms with Crippen LogP contribution in [0, 0.1) is 12.3 Å². The lowest BCUT2D eigenvalue weighted by Gasteiger charge is -2.04.